The Hall–Kier alpha value is -1.34. The van der Waals surface area contributed by atoms with Crippen LogP contribution in [-0.4, -0.2) is 39.6 Å². The van der Waals surface area contributed by atoms with E-state index in [0.29, 0.717) is 16.8 Å². The number of nitrogens with one attached hydrogen (secondary N) is 1. The molecule has 1 aliphatic heterocycles. The molecule has 0 saturated carbocycles. The SMILES string of the molecule is CC[C@H](C)Cc1c(C)sc2nc(SCC(=O)N3CCCC3)[nH]c(=O)c12. The van der Waals surface area contributed by atoms with Gasteiger partial charge in [0.15, 0.2) is 5.16 Å². The van der Waals surface area contributed by atoms with Crippen LogP contribution in [0, 0.1) is 12.8 Å². The number of carbonyl (C=O) groups is 1. The predicted octanol–water partition coefficient (Wildman–Crippen LogP) is 3.60. The summed E-state index contributed by atoms with van der Waals surface area (Å²) < 4.78 is 0. The van der Waals surface area contributed by atoms with Gasteiger partial charge in [-0.05, 0) is 37.7 Å². The van der Waals surface area contributed by atoms with E-state index in [1.54, 1.807) is 11.3 Å². The number of H-pyrrole nitrogens is 1. The van der Waals surface area contributed by atoms with Crippen molar-refractivity contribution in [2.24, 2.45) is 5.92 Å². The molecule has 3 rings (SSSR count). The molecular weight excluding hydrogens is 354 g/mol. The van der Waals surface area contributed by atoms with E-state index in [1.807, 2.05) is 4.90 Å². The number of carbonyl (C=O) groups excluding carboxylic acids is 1. The summed E-state index contributed by atoms with van der Waals surface area (Å²) in [7, 11) is 0. The first-order valence-electron chi connectivity index (χ1n) is 8.92. The monoisotopic (exact) mass is 379 g/mol. The number of thiophene rings is 1. The van der Waals surface area contributed by atoms with Gasteiger partial charge in [0.1, 0.15) is 4.83 Å². The lowest BCUT2D eigenvalue weighted by molar-refractivity contribution is -0.127. The molecule has 5 nitrogen and oxygen atoms in total. The number of amides is 1. The minimum absolute atomic E-state index is 0.0798. The molecule has 2 aromatic heterocycles. The summed E-state index contributed by atoms with van der Waals surface area (Å²) in [4.78, 5) is 36.1. The van der Waals surface area contributed by atoms with Gasteiger partial charge in [-0.1, -0.05) is 32.0 Å². The molecule has 0 spiro atoms. The van der Waals surface area contributed by atoms with Crippen molar-refractivity contribution in [2.75, 3.05) is 18.8 Å². The number of thioether (sulfide) groups is 1. The molecule has 1 atom stereocenters. The van der Waals surface area contributed by atoms with E-state index >= 15 is 0 Å². The second-order valence-electron chi connectivity index (χ2n) is 6.78. The molecule has 1 N–H and O–H groups in total. The Morgan fingerprint density at radius 2 is 2.12 bits per heavy atom. The molecule has 0 aromatic carbocycles. The van der Waals surface area contributed by atoms with E-state index in [1.165, 1.54) is 16.6 Å². The van der Waals surface area contributed by atoms with Gasteiger partial charge in [-0.25, -0.2) is 4.98 Å². The van der Waals surface area contributed by atoms with E-state index in [2.05, 4.69) is 30.7 Å². The number of likely N-dealkylation sites (tertiary alicyclic amines) is 1. The summed E-state index contributed by atoms with van der Waals surface area (Å²) in [5.74, 6) is 1.01. The predicted molar refractivity (Wildman–Crippen MR) is 105 cm³/mol. The van der Waals surface area contributed by atoms with Gasteiger partial charge in [-0.2, -0.15) is 0 Å². The fourth-order valence-corrected chi connectivity index (χ4v) is 5.03. The van der Waals surface area contributed by atoms with Gasteiger partial charge in [0.2, 0.25) is 5.91 Å². The van der Waals surface area contributed by atoms with Gasteiger partial charge in [-0.3, -0.25) is 9.59 Å². The molecule has 3 heterocycles. The van der Waals surface area contributed by atoms with Crippen LogP contribution < -0.4 is 5.56 Å². The van der Waals surface area contributed by atoms with Crippen LogP contribution in [0.15, 0.2) is 9.95 Å². The maximum Gasteiger partial charge on any atom is 0.260 e. The van der Waals surface area contributed by atoms with Crippen molar-refractivity contribution < 1.29 is 4.79 Å². The van der Waals surface area contributed by atoms with Crippen molar-refractivity contribution in [3.05, 3.63) is 20.8 Å². The van der Waals surface area contributed by atoms with Crippen LogP contribution in [0.2, 0.25) is 0 Å². The lowest BCUT2D eigenvalue weighted by atomic mass is 9.98. The number of hydrogen-bond donors (Lipinski definition) is 1. The van der Waals surface area contributed by atoms with Gasteiger partial charge < -0.3 is 9.88 Å². The van der Waals surface area contributed by atoms with Gasteiger partial charge >= 0.3 is 0 Å². The highest BCUT2D eigenvalue weighted by molar-refractivity contribution is 7.99. The molecule has 2 aromatic rings. The fourth-order valence-electron chi connectivity index (χ4n) is 3.15. The highest BCUT2D eigenvalue weighted by Gasteiger charge is 2.20. The van der Waals surface area contributed by atoms with Crippen LogP contribution in [0.3, 0.4) is 0 Å². The number of rotatable bonds is 6. The smallest absolute Gasteiger partial charge is 0.260 e. The second-order valence-corrected chi connectivity index (χ2v) is 8.95. The van der Waals surface area contributed by atoms with E-state index in [9.17, 15) is 9.59 Å². The summed E-state index contributed by atoms with van der Waals surface area (Å²) in [5.41, 5.74) is 1.05. The lowest BCUT2D eigenvalue weighted by Crippen LogP contribution is -2.29. The van der Waals surface area contributed by atoms with Crippen molar-refractivity contribution in [2.45, 2.75) is 51.6 Å². The summed E-state index contributed by atoms with van der Waals surface area (Å²) >= 11 is 2.91. The Morgan fingerprint density at radius 3 is 2.80 bits per heavy atom. The van der Waals surface area contributed by atoms with Crippen LogP contribution in [0.4, 0.5) is 0 Å². The van der Waals surface area contributed by atoms with Gasteiger partial charge in [0.25, 0.3) is 5.56 Å². The first-order chi connectivity index (χ1) is 12.0. The molecule has 0 aliphatic carbocycles. The first-order valence-corrected chi connectivity index (χ1v) is 10.7. The van der Waals surface area contributed by atoms with Crippen molar-refractivity contribution >= 4 is 39.2 Å². The highest BCUT2D eigenvalue weighted by Crippen LogP contribution is 2.30. The summed E-state index contributed by atoms with van der Waals surface area (Å²) in [6.45, 7) is 8.14. The maximum atomic E-state index is 12.6. The van der Waals surface area contributed by atoms with Crippen molar-refractivity contribution in [3.63, 3.8) is 0 Å². The number of fused-ring (bicyclic) bond motifs is 1. The number of hydrogen-bond acceptors (Lipinski definition) is 5. The number of aromatic amines is 1. The standard InChI is InChI=1S/C18H25N3O2S2/c1-4-11(2)9-13-12(3)25-17-15(13)16(23)19-18(20-17)24-10-14(22)21-7-5-6-8-21/h11H,4-10H2,1-3H3,(H,19,20,23)/t11-/m0/s1. The molecule has 0 unspecified atom stereocenters. The highest BCUT2D eigenvalue weighted by atomic mass is 32.2. The minimum Gasteiger partial charge on any atom is -0.342 e. The van der Waals surface area contributed by atoms with Crippen molar-refractivity contribution in [1.82, 2.24) is 14.9 Å². The molecule has 1 fully saturated rings. The zero-order chi connectivity index (χ0) is 18.0. The van der Waals surface area contributed by atoms with Gasteiger partial charge in [-0.15, -0.1) is 11.3 Å². The maximum absolute atomic E-state index is 12.6. The molecule has 0 bridgehead atoms. The Bertz CT molecular complexity index is 822. The van der Waals surface area contributed by atoms with Gasteiger partial charge in [0, 0.05) is 18.0 Å². The normalized spacial score (nSPS) is 15.9. The summed E-state index contributed by atoms with van der Waals surface area (Å²) in [6, 6.07) is 0. The Balaban J connectivity index is 1.80. The summed E-state index contributed by atoms with van der Waals surface area (Å²) in [5, 5.41) is 1.28. The van der Waals surface area contributed by atoms with Gasteiger partial charge in [0.05, 0.1) is 11.1 Å². The van der Waals surface area contributed by atoms with E-state index in [4.69, 9.17) is 0 Å². The summed E-state index contributed by atoms with van der Waals surface area (Å²) in [6.07, 6.45) is 4.18. The average Bonchev–Trinajstić information content (AvgIpc) is 3.21. The molecule has 1 aliphatic rings. The average molecular weight is 380 g/mol. The molecule has 0 radical (unpaired) electrons. The number of aromatic nitrogens is 2. The van der Waals surface area contributed by atoms with Crippen LogP contribution in [0.25, 0.3) is 10.2 Å². The number of aryl methyl sites for hydroxylation is 1. The third kappa shape index (κ3) is 4.08. The van der Waals surface area contributed by atoms with Crippen LogP contribution >= 0.6 is 23.1 Å². The van der Waals surface area contributed by atoms with Crippen LogP contribution in [0.5, 0.6) is 0 Å². The minimum atomic E-state index is -0.0798. The van der Waals surface area contributed by atoms with Crippen LogP contribution in [0.1, 0.15) is 43.6 Å². The zero-order valence-electron chi connectivity index (χ0n) is 15.1. The van der Waals surface area contributed by atoms with E-state index in [0.717, 1.165) is 54.6 Å². The molecular formula is C18H25N3O2S2. The Kier molecular flexibility index (Phi) is 5.84. The zero-order valence-corrected chi connectivity index (χ0v) is 16.7. The Labute approximate surface area is 156 Å². The quantitative estimate of drug-likeness (QED) is 0.615. The fraction of sp³-hybridized carbons (Fsp3) is 0.611. The molecule has 25 heavy (non-hydrogen) atoms. The topological polar surface area (TPSA) is 66.1 Å². The largest absolute Gasteiger partial charge is 0.342 e. The van der Waals surface area contributed by atoms with E-state index in [-0.39, 0.29) is 11.5 Å². The van der Waals surface area contributed by atoms with Crippen LogP contribution in [-0.2, 0) is 11.2 Å². The molecule has 1 amide bonds. The Morgan fingerprint density at radius 1 is 1.40 bits per heavy atom. The van der Waals surface area contributed by atoms with E-state index < -0.39 is 0 Å². The number of nitrogens with zero attached hydrogens (tertiary/aromatic N) is 2. The van der Waals surface area contributed by atoms with Crippen molar-refractivity contribution in [3.8, 4) is 0 Å². The molecule has 136 valence electrons. The second kappa shape index (κ2) is 7.91. The van der Waals surface area contributed by atoms with Crippen molar-refractivity contribution in [1.29, 1.82) is 0 Å². The molecule has 7 heteroatoms. The molecule has 1 saturated heterocycles. The third-order valence-electron chi connectivity index (χ3n) is 4.88. The first kappa shape index (κ1) is 18.5. The third-order valence-corrected chi connectivity index (χ3v) is 6.78. The lowest BCUT2D eigenvalue weighted by Gasteiger charge is -2.14.